The van der Waals surface area contributed by atoms with E-state index in [0.29, 0.717) is 0 Å². The fraction of sp³-hybridized carbons (Fsp3) is 0.111. The third-order valence-electron chi connectivity index (χ3n) is 13.2. The van der Waals surface area contributed by atoms with Crippen molar-refractivity contribution in [3.8, 4) is 44.5 Å². The molecule has 0 unspecified atom stereocenters. The molecule has 12 rings (SSSR count). The number of rotatable bonds is 3. The van der Waals surface area contributed by atoms with Crippen LogP contribution in [0.5, 0.6) is 0 Å². The monoisotopic (exact) mass is 686 g/mol. The molecule has 54 heavy (non-hydrogen) atoms. The molecule has 1 saturated carbocycles. The van der Waals surface area contributed by atoms with E-state index in [9.17, 15) is 0 Å². The Labute approximate surface area is 315 Å². The highest BCUT2D eigenvalue weighted by Gasteiger charge is 2.44. The Kier molecular flexibility index (Phi) is 6.37. The molecule has 2 aliphatic rings. The Morgan fingerprint density at radius 3 is 1.46 bits per heavy atom. The van der Waals surface area contributed by atoms with Crippen LogP contribution in [0.25, 0.3) is 98.4 Å². The second-order valence-electron chi connectivity index (χ2n) is 15.8. The van der Waals surface area contributed by atoms with Gasteiger partial charge in [-0.2, -0.15) is 0 Å². The molecule has 1 spiro atoms. The minimum absolute atomic E-state index is 0.0221. The van der Waals surface area contributed by atoms with Crippen LogP contribution < -0.4 is 0 Å². The van der Waals surface area contributed by atoms with Gasteiger partial charge in [-0.05, 0) is 134 Å². The van der Waals surface area contributed by atoms with Crippen molar-refractivity contribution < 1.29 is 0 Å². The van der Waals surface area contributed by atoms with E-state index in [4.69, 9.17) is 0 Å². The van der Waals surface area contributed by atoms with E-state index in [0.717, 1.165) is 0 Å². The lowest BCUT2D eigenvalue weighted by molar-refractivity contribution is 0.353. The van der Waals surface area contributed by atoms with E-state index in [-0.39, 0.29) is 5.41 Å². The molecule has 0 N–H and O–H groups in total. The second kappa shape index (κ2) is 11.4. The van der Waals surface area contributed by atoms with Gasteiger partial charge in [-0.3, -0.25) is 0 Å². The summed E-state index contributed by atoms with van der Waals surface area (Å²) in [6, 6.07) is 64.6. The Bertz CT molecular complexity index is 3050. The summed E-state index contributed by atoms with van der Waals surface area (Å²) in [7, 11) is 0. The van der Waals surface area contributed by atoms with Crippen molar-refractivity contribution in [2.45, 2.75) is 37.5 Å². The lowest BCUT2D eigenvalue weighted by Gasteiger charge is -2.36. The van der Waals surface area contributed by atoms with E-state index in [1.165, 1.54) is 142 Å². The van der Waals surface area contributed by atoms with Crippen LogP contribution in [-0.4, -0.2) is 0 Å². The van der Waals surface area contributed by atoms with Crippen LogP contribution in [0.15, 0.2) is 170 Å². The molecule has 2 aliphatic carbocycles. The maximum absolute atomic E-state index is 2.60. The average Bonchev–Trinajstić information content (AvgIpc) is 3.49. The Balaban J connectivity index is 1.07. The summed E-state index contributed by atoms with van der Waals surface area (Å²) < 4.78 is 0. The van der Waals surface area contributed by atoms with E-state index in [1.54, 1.807) is 0 Å². The maximum atomic E-state index is 2.60. The van der Waals surface area contributed by atoms with Gasteiger partial charge in [-0.1, -0.05) is 177 Å². The fourth-order valence-electron chi connectivity index (χ4n) is 10.9. The molecule has 0 heteroatoms. The van der Waals surface area contributed by atoms with Crippen molar-refractivity contribution in [1.82, 2.24) is 0 Å². The van der Waals surface area contributed by atoms with Gasteiger partial charge in [-0.15, -0.1) is 0 Å². The predicted octanol–water partition coefficient (Wildman–Crippen LogP) is 15.1. The van der Waals surface area contributed by atoms with Gasteiger partial charge in [0.1, 0.15) is 0 Å². The molecule has 0 saturated heterocycles. The molecule has 0 amide bonds. The zero-order chi connectivity index (χ0) is 35.4. The molecule has 254 valence electrons. The number of hydrogen-bond donors (Lipinski definition) is 0. The molecule has 10 aromatic rings. The van der Waals surface area contributed by atoms with Gasteiger partial charge in [0.05, 0.1) is 0 Å². The summed E-state index contributed by atoms with van der Waals surface area (Å²) in [5, 5.41) is 13.3. The van der Waals surface area contributed by atoms with Gasteiger partial charge in [0.2, 0.25) is 0 Å². The standard InChI is InChI=1S/C54H38/c1-3-12-34(13-4-1)51-43-16-5-7-18-45(43)52(46-19-8-6-17-44(46)51)39-25-28-42-41-27-24-38(32-48(41)54(49(42)33-39)30-9-2-10-31-54)40-26-22-37-21-20-35-14-11-15-36-23-29-47(40)53(37)50(35)36/h1,3-8,11-29,32-33H,2,9-10,30-31H2. The molecular weight excluding hydrogens is 649 g/mol. The first-order valence-corrected chi connectivity index (χ1v) is 19.7. The van der Waals surface area contributed by atoms with E-state index >= 15 is 0 Å². The fourth-order valence-corrected chi connectivity index (χ4v) is 10.9. The topological polar surface area (TPSA) is 0 Å². The number of benzene rings is 10. The third-order valence-corrected chi connectivity index (χ3v) is 13.2. The highest BCUT2D eigenvalue weighted by Crippen LogP contribution is 2.58. The molecule has 0 atom stereocenters. The molecule has 0 bridgehead atoms. The van der Waals surface area contributed by atoms with Crippen molar-refractivity contribution in [2.24, 2.45) is 0 Å². The number of fused-ring (bicyclic) bond motifs is 7. The third kappa shape index (κ3) is 4.14. The average molecular weight is 687 g/mol. The molecule has 10 aromatic carbocycles. The molecule has 1 fully saturated rings. The summed E-state index contributed by atoms with van der Waals surface area (Å²) in [6.07, 6.45) is 6.25. The van der Waals surface area contributed by atoms with E-state index in [1.807, 2.05) is 0 Å². The maximum Gasteiger partial charge on any atom is 0.0215 e. The van der Waals surface area contributed by atoms with Crippen molar-refractivity contribution in [2.75, 3.05) is 0 Å². The van der Waals surface area contributed by atoms with Gasteiger partial charge < -0.3 is 0 Å². The Morgan fingerprint density at radius 1 is 0.315 bits per heavy atom. The predicted molar refractivity (Wildman–Crippen MR) is 231 cm³/mol. The van der Waals surface area contributed by atoms with Crippen LogP contribution in [0.4, 0.5) is 0 Å². The van der Waals surface area contributed by atoms with Crippen LogP contribution in [0.1, 0.15) is 43.2 Å². The smallest absolute Gasteiger partial charge is 0.0215 e. The highest BCUT2D eigenvalue weighted by molar-refractivity contribution is 6.25. The summed E-state index contributed by atoms with van der Waals surface area (Å²) in [4.78, 5) is 0. The summed E-state index contributed by atoms with van der Waals surface area (Å²) in [5.41, 5.74) is 13.9. The first-order valence-electron chi connectivity index (χ1n) is 19.7. The molecular formula is C54H38. The van der Waals surface area contributed by atoms with Gasteiger partial charge in [0.25, 0.3) is 0 Å². The second-order valence-corrected chi connectivity index (χ2v) is 15.8. The Morgan fingerprint density at radius 2 is 0.815 bits per heavy atom. The lowest BCUT2D eigenvalue weighted by atomic mass is 9.67. The number of hydrogen-bond acceptors (Lipinski definition) is 0. The molecule has 0 nitrogen and oxygen atoms in total. The van der Waals surface area contributed by atoms with E-state index < -0.39 is 0 Å². The van der Waals surface area contributed by atoms with Crippen molar-refractivity contribution in [3.63, 3.8) is 0 Å². The summed E-state index contributed by atoms with van der Waals surface area (Å²) >= 11 is 0. The van der Waals surface area contributed by atoms with E-state index in [2.05, 4.69) is 170 Å². The molecule has 0 aromatic heterocycles. The first-order chi connectivity index (χ1) is 26.8. The van der Waals surface area contributed by atoms with Gasteiger partial charge in [0.15, 0.2) is 0 Å². The molecule has 0 heterocycles. The minimum Gasteiger partial charge on any atom is -0.0622 e. The molecule has 0 aliphatic heterocycles. The molecule has 0 radical (unpaired) electrons. The lowest BCUT2D eigenvalue weighted by Crippen LogP contribution is -2.28. The van der Waals surface area contributed by atoms with Crippen LogP contribution in [0.3, 0.4) is 0 Å². The van der Waals surface area contributed by atoms with Crippen molar-refractivity contribution in [1.29, 1.82) is 0 Å². The van der Waals surface area contributed by atoms with Crippen LogP contribution in [0, 0.1) is 0 Å². The largest absolute Gasteiger partial charge is 0.0622 e. The zero-order valence-corrected chi connectivity index (χ0v) is 30.2. The van der Waals surface area contributed by atoms with Gasteiger partial charge in [-0.25, -0.2) is 0 Å². The zero-order valence-electron chi connectivity index (χ0n) is 30.2. The van der Waals surface area contributed by atoms with Crippen LogP contribution in [-0.2, 0) is 5.41 Å². The van der Waals surface area contributed by atoms with Crippen LogP contribution >= 0.6 is 0 Å². The SMILES string of the molecule is c1ccc(-c2c3ccccc3c(-c3ccc4c(c3)C3(CCCCC3)c3cc(-c5ccc6ccc7cccc8ccc5c6c78)ccc3-4)c3ccccc23)cc1. The van der Waals surface area contributed by atoms with Crippen LogP contribution in [0.2, 0.25) is 0 Å². The minimum atomic E-state index is 0.0221. The van der Waals surface area contributed by atoms with Crippen molar-refractivity contribution in [3.05, 3.63) is 181 Å². The van der Waals surface area contributed by atoms with Gasteiger partial charge in [0, 0.05) is 5.41 Å². The summed E-state index contributed by atoms with van der Waals surface area (Å²) in [6.45, 7) is 0. The quantitative estimate of drug-likeness (QED) is 0.128. The normalized spacial score (nSPS) is 14.8. The Hall–Kier alpha value is -6.24. The van der Waals surface area contributed by atoms with Gasteiger partial charge >= 0.3 is 0 Å². The first kappa shape index (κ1) is 30.2. The highest BCUT2D eigenvalue weighted by atomic mass is 14.5. The van der Waals surface area contributed by atoms with Crippen molar-refractivity contribution >= 4 is 53.9 Å². The summed E-state index contributed by atoms with van der Waals surface area (Å²) in [5.74, 6) is 0.